The fraction of sp³-hybridized carbons (Fsp3) is 0.882. The number of carbonyl (C=O) groups is 2. The van der Waals surface area contributed by atoms with Crippen LogP contribution in [0.3, 0.4) is 0 Å². The largest absolute Gasteiger partial charge is 0.345 e. The molecule has 1 unspecified atom stereocenters. The van der Waals surface area contributed by atoms with Gasteiger partial charge in [-0.25, -0.2) is 7.91 Å². The number of imide groups is 1. The number of carbonyl (C=O) groups excluding carboxylic acids is 2. The lowest BCUT2D eigenvalue weighted by Crippen LogP contribution is -2.52. The van der Waals surface area contributed by atoms with Crippen LogP contribution in [-0.4, -0.2) is 23.7 Å². The van der Waals surface area contributed by atoms with Crippen LogP contribution in [0.1, 0.15) is 84.0 Å². The maximum absolute atomic E-state index is 13.0. The smallest absolute Gasteiger partial charge is 0.271 e. The van der Waals surface area contributed by atoms with Gasteiger partial charge in [-0.3, -0.25) is 4.79 Å². The van der Waals surface area contributed by atoms with E-state index >= 15 is 0 Å². The van der Waals surface area contributed by atoms with Crippen LogP contribution in [0.5, 0.6) is 0 Å². The molecule has 1 heterocycles. The van der Waals surface area contributed by atoms with Crippen molar-refractivity contribution in [1.82, 2.24) is 6.23 Å². The third kappa shape index (κ3) is 4.15. The van der Waals surface area contributed by atoms with E-state index in [9.17, 15) is 9.59 Å². The van der Waals surface area contributed by atoms with E-state index < -0.39 is 5.54 Å². The number of urea groups is 1. The molecule has 1 saturated carbocycles. The number of amides is 3. The Hall–Kier alpha value is 0.400. The molecule has 0 spiro atoms. The minimum Gasteiger partial charge on any atom is -0.271 e. The average Bonchev–Trinajstić information content (AvgIpc) is 2.74. The van der Waals surface area contributed by atoms with Crippen LogP contribution in [0.4, 0.5) is 4.79 Å². The van der Waals surface area contributed by atoms with Crippen LogP contribution < -0.4 is 0 Å². The van der Waals surface area contributed by atoms with Gasteiger partial charge in [-0.2, -0.15) is 3.11 Å². The summed E-state index contributed by atoms with van der Waals surface area (Å²) in [5.41, 5.74) is -0.579. The van der Waals surface area contributed by atoms with E-state index in [0.29, 0.717) is 5.92 Å². The average molecular weight is 546 g/mol. The molecule has 1 aliphatic heterocycles. The van der Waals surface area contributed by atoms with Crippen molar-refractivity contribution >= 4 is 57.7 Å². The van der Waals surface area contributed by atoms with Gasteiger partial charge in [0.05, 0.1) is 45.7 Å². The molecule has 1 aliphatic carbocycles. The Labute approximate surface area is 168 Å². The summed E-state index contributed by atoms with van der Waals surface area (Å²) in [5, 5.41) is 0. The highest BCUT2D eigenvalue weighted by Crippen LogP contribution is 2.47. The molecule has 1 atom stereocenters. The maximum Gasteiger partial charge on any atom is 0.345 e. The summed E-state index contributed by atoms with van der Waals surface area (Å²) in [6.07, 6.45) is 13.9. The highest BCUT2D eigenvalue weighted by Gasteiger charge is 2.59. The van der Waals surface area contributed by atoms with Crippen LogP contribution in [0, 0.1) is 5.92 Å². The van der Waals surface area contributed by atoms with E-state index in [1.54, 1.807) is 3.11 Å². The van der Waals surface area contributed by atoms with Crippen molar-refractivity contribution in [3.63, 3.8) is 0 Å². The second-order valence-corrected chi connectivity index (χ2v) is 8.86. The lowest BCUT2D eigenvalue weighted by Gasteiger charge is -2.40. The fourth-order valence-electron chi connectivity index (χ4n) is 4.09. The summed E-state index contributed by atoms with van der Waals surface area (Å²) in [6.45, 7) is 2.23. The number of nitrogens with zero attached hydrogens (tertiary/aromatic N) is 2. The van der Waals surface area contributed by atoms with Crippen molar-refractivity contribution in [1.29, 1.82) is 0 Å². The molecule has 0 aromatic heterocycles. The van der Waals surface area contributed by atoms with Gasteiger partial charge < -0.3 is 0 Å². The molecule has 0 radical (unpaired) electrons. The summed E-state index contributed by atoms with van der Waals surface area (Å²) in [7, 11) is 0. The van der Waals surface area contributed by atoms with Gasteiger partial charge >= 0.3 is 6.03 Å². The molecule has 2 fully saturated rings. The van der Waals surface area contributed by atoms with Crippen LogP contribution in [0.25, 0.3) is 0 Å². The van der Waals surface area contributed by atoms with Crippen molar-refractivity contribution < 1.29 is 9.59 Å². The molecular weight excluding hydrogens is 518 g/mol. The highest BCUT2D eigenvalue weighted by molar-refractivity contribution is 14.1. The molecule has 4 nitrogen and oxygen atoms in total. The minimum atomic E-state index is -0.579. The van der Waals surface area contributed by atoms with Gasteiger partial charge in [-0.15, -0.1) is 0 Å². The molecule has 2 rings (SSSR count). The van der Waals surface area contributed by atoms with Crippen molar-refractivity contribution in [2.24, 2.45) is 5.92 Å². The van der Waals surface area contributed by atoms with Crippen LogP contribution in [0.2, 0.25) is 0 Å². The van der Waals surface area contributed by atoms with Gasteiger partial charge in [0.15, 0.2) is 0 Å². The molecule has 0 N–H and O–H groups in total. The first-order chi connectivity index (χ1) is 11.1. The van der Waals surface area contributed by atoms with Crippen molar-refractivity contribution in [3.05, 3.63) is 0 Å². The minimum absolute atomic E-state index is 0.0259. The SMILES string of the molecule is CCCCCCCCC1(C2CCCCC2)C(=O)N(I)C(=O)N1I. The summed E-state index contributed by atoms with van der Waals surface area (Å²) in [5.74, 6) is 0.359. The normalized spacial score (nSPS) is 26.4. The summed E-state index contributed by atoms with van der Waals surface area (Å²) in [4.78, 5) is 25.3. The van der Waals surface area contributed by atoms with Gasteiger partial charge in [-0.05, 0) is 25.2 Å². The first kappa shape index (κ1) is 19.7. The van der Waals surface area contributed by atoms with Gasteiger partial charge in [-0.1, -0.05) is 64.7 Å². The highest BCUT2D eigenvalue weighted by atomic mass is 127. The van der Waals surface area contributed by atoms with E-state index in [-0.39, 0.29) is 11.9 Å². The third-order valence-corrected chi connectivity index (χ3v) is 7.55. The lowest BCUT2D eigenvalue weighted by molar-refractivity contribution is -0.131. The first-order valence-electron chi connectivity index (χ1n) is 9.06. The standard InChI is InChI=1S/C17H28I2N2O2/c1-2-3-4-5-6-10-13-17(14-11-8-7-9-12-14)15(22)20(18)16(23)21(17)19/h14H,2-13H2,1H3. The monoisotopic (exact) mass is 546 g/mol. The van der Waals surface area contributed by atoms with E-state index in [4.69, 9.17) is 0 Å². The van der Waals surface area contributed by atoms with Crippen LogP contribution >= 0.6 is 45.7 Å². The van der Waals surface area contributed by atoms with Crippen molar-refractivity contribution in [3.8, 4) is 0 Å². The Morgan fingerprint density at radius 1 is 1.00 bits per heavy atom. The van der Waals surface area contributed by atoms with E-state index in [1.165, 1.54) is 54.5 Å². The summed E-state index contributed by atoms with van der Waals surface area (Å²) >= 11 is 3.98. The molecule has 3 amide bonds. The predicted octanol–water partition coefficient (Wildman–Crippen LogP) is 6.02. The Bertz CT molecular complexity index is 427. The van der Waals surface area contributed by atoms with Crippen LogP contribution in [0.15, 0.2) is 0 Å². The Kier molecular flexibility index (Phi) is 7.88. The Morgan fingerprint density at radius 2 is 1.61 bits per heavy atom. The summed E-state index contributed by atoms with van der Waals surface area (Å²) < 4.78 is 3.05. The molecule has 1 saturated heterocycles. The number of halogens is 2. The zero-order valence-corrected chi connectivity index (χ0v) is 18.3. The maximum atomic E-state index is 13.0. The van der Waals surface area contributed by atoms with Gasteiger partial charge in [0, 0.05) is 0 Å². The van der Waals surface area contributed by atoms with E-state index in [1.807, 2.05) is 22.9 Å². The van der Waals surface area contributed by atoms with E-state index in [0.717, 1.165) is 25.7 Å². The predicted molar refractivity (Wildman–Crippen MR) is 109 cm³/mol. The van der Waals surface area contributed by atoms with Gasteiger partial charge in [0.1, 0.15) is 5.54 Å². The lowest BCUT2D eigenvalue weighted by atomic mass is 9.72. The molecule has 0 aromatic rings. The van der Waals surface area contributed by atoms with Gasteiger partial charge in [0.25, 0.3) is 5.91 Å². The molecule has 6 heteroatoms. The quantitative estimate of drug-likeness (QED) is 0.162. The molecular formula is C17H28I2N2O2. The van der Waals surface area contributed by atoms with Gasteiger partial charge in [0.2, 0.25) is 0 Å². The Morgan fingerprint density at radius 3 is 2.17 bits per heavy atom. The van der Waals surface area contributed by atoms with E-state index in [2.05, 4.69) is 29.8 Å². The third-order valence-electron chi connectivity index (χ3n) is 5.43. The molecule has 0 bridgehead atoms. The summed E-state index contributed by atoms with van der Waals surface area (Å²) in [6, 6.07) is -0.146. The number of hydrogen-bond acceptors (Lipinski definition) is 2. The molecule has 132 valence electrons. The number of rotatable bonds is 8. The number of hydrogen-bond donors (Lipinski definition) is 0. The first-order valence-corrected chi connectivity index (χ1v) is 11.0. The van der Waals surface area contributed by atoms with Crippen LogP contribution in [-0.2, 0) is 4.79 Å². The second-order valence-electron chi connectivity index (χ2n) is 6.93. The Balaban J connectivity index is 2.06. The molecule has 23 heavy (non-hydrogen) atoms. The molecule has 2 aliphatic rings. The zero-order chi connectivity index (χ0) is 16.9. The molecule has 0 aromatic carbocycles. The second kappa shape index (κ2) is 9.20. The number of unbranched alkanes of at least 4 members (excludes halogenated alkanes) is 5. The van der Waals surface area contributed by atoms with Crippen molar-refractivity contribution in [2.75, 3.05) is 0 Å². The zero-order valence-electron chi connectivity index (χ0n) is 14.0. The van der Waals surface area contributed by atoms with Crippen molar-refractivity contribution in [2.45, 2.75) is 89.5 Å². The fourth-order valence-corrected chi connectivity index (χ4v) is 6.19. The topological polar surface area (TPSA) is 40.6 Å².